The molecule has 2 N–H and O–H groups in total. The first-order valence-corrected chi connectivity index (χ1v) is 5.97. The van der Waals surface area contributed by atoms with Gasteiger partial charge in [0.05, 0.1) is 0 Å². The summed E-state index contributed by atoms with van der Waals surface area (Å²) in [6.07, 6.45) is 3.48. The van der Waals surface area contributed by atoms with Crippen LogP contribution in [0.2, 0.25) is 0 Å². The topological polar surface area (TPSA) is 49.3 Å². The van der Waals surface area contributed by atoms with Gasteiger partial charge in [-0.3, -0.25) is 4.79 Å². The number of hydrogen-bond donors (Lipinski definition) is 2. The summed E-state index contributed by atoms with van der Waals surface area (Å²) in [5.74, 6) is -0.0358. The number of carboxylic acids is 1. The molecule has 0 aliphatic rings. The van der Waals surface area contributed by atoms with E-state index in [2.05, 4.69) is 19.2 Å². The lowest BCUT2D eigenvalue weighted by atomic mass is 9.92. The summed E-state index contributed by atoms with van der Waals surface area (Å²) in [6.45, 7) is 9.01. The molecule has 3 heteroatoms. The van der Waals surface area contributed by atoms with Crippen molar-refractivity contribution in [2.24, 2.45) is 5.92 Å². The normalized spacial score (nSPS) is 12.1. The van der Waals surface area contributed by atoms with E-state index in [1.807, 2.05) is 13.8 Å². The van der Waals surface area contributed by atoms with Crippen LogP contribution < -0.4 is 5.32 Å². The zero-order chi connectivity index (χ0) is 11.9. The van der Waals surface area contributed by atoms with Crippen LogP contribution >= 0.6 is 0 Å². The van der Waals surface area contributed by atoms with Gasteiger partial charge in [-0.25, -0.2) is 0 Å². The van der Waals surface area contributed by atoms with Crippen LogP contribution in [-0.2, 0) is 4.79 Å². The number of carboxylic acid groups (broad SMARTS) is 1. The highest BCUT2D eigenvalue weighted by atomic mass is 16.4. The standard InChI is InChI=1S/C12H25NO2/c1-5-12(6-2,11(14)15)13-9-7-8-10(3)4/h10,13H,5-9H2,1-4H3,(H,14,15). The minimum Gasteiger partial charge on any atom is -0.480 e. The van der Waals surface area contributed by atoms with Crippen LogP contribution in [0.1, 0.15) is 53.4 Å². The summed E-state index contributed by atoms with van der Waals surface area (Å²) < 4.78 is 0. The smallest absolute Gasteiger partial charge is 0.323 e. The fourth-order valence-electron chi connectivity index (χ4n) is 1.72. The second-order valence-corrected chi connectivity index (χ2v) is 4.56. The van der Waals surface area contributed by atoms with Crippen LogP contribution in [0, 0.1) is 5.92 Å². The molecule has 0 aliphatic heterocycles. The molecule has 90 valence electrons. The molecule has 0 saturated heterocycles. The van der Waals surface area contributed by atoms with Gasteiger partial charge in [0.15, 0.2) is 0 Å². The highest BCUT2D eigenvalue weighted by Crippen LogP contribution is 2.15. The van der Waals surface area contributed by atoms with Crippen molar-refractivity contribution in [2.45, 2.75) is 58.9 Å². The molecule has 0 heterocycles. The van der Waals surface area contributed by atoms with Crippen molar-refractivity contribution in [1.82, 2.24) is 5.32 Å². The second kappa shape index (κ2) is 6.83. The molecule has 0 aliphatic carbocycles. The van der Waals surface area contributed by atoms with Crippen molar-refractivity contribution < 1.29 is 9.90 Å². The average Bonchev–Trinajstić information content (AvgIpc) is 2.18. The summed E-state index contributed by atoms with van der Waals surface area (Å²) in [6, 6.07) is 0. The summed E-state index contributed by atoms with van der Waals surface area (Å²) in [5.41, 5.74) is -0.711. The summed E-state index contributed by atoms with van der Waals surface area (Å²) in [4.78, 5) is 11.1. The molecule has 15 heavy (non-hydrogen) atoms. The van der Waals surface area contributed by atoms with E-state index >= 15 is 0 Å². The zero-order valence-electron chi connectivity index (χ0n) is 10.5. The number of nitrogens with one attached hydrogen (secondary N) is 1. The Morgan fingerprint density at radius 3 is 2.20 bits per heavy atom. The second-order valence-electron chi connectivity index (χ2n) is 4.56. The van der Waals surface area contributed by atoms with E-state index in [1.165, 1.54) is 0 Å². The van der Waals surface area contributed by atoms with Gasteiger partial charge in [-0.1, -0.05) is 27.7 Å². The van der Waals surface area contributed by atoms with Gasteiger partial charge in [0, 0.05) is 0 Å². The molecule has 3 nitrogen and oxygen atoms in total. The first-order valence-electron chi connectivity index (χ1n) is 5.97. The molecule has 0 aromatic rings. The molecule has 0 amide bonds. The lowest BCUT2D eigenvalue weighted by Crippen LogP contribution is -2.51. The van der Waals surface area contributed by atoms with E-state index in [9.17, 15) is 4.79 Å². The van der Waals surface area contributed by atoms with Crippen molar-refractivity contribution in [3.8, 4) is 0 Å². The van der Waals surface area contributed by atoms with E-state index in [0.29, 0.717) is 18.8 Å². The van der Waals surface area contributed by atoms with E-state index in [-0.39, 0.29) is 0 Å². The largest absolute Gasteiger partial charge is 0.480 e. The lowest BCUT2D eigenvalue weighted by molar-refractivity contribution is -0.145. The van der Waals surface area contributed by atoms with Gasteiger partial charge < -0.3 is 10.4 Å². The summed E-state index contributed by atoms with van der Waals surface area (Å²) >= 11 is 0. The number of rotatable bonds is 8. The lowest BCUT2D eigenvalue weighted by Gasteiger charge is -2.28. The third-order valence-electron chi connectivity index (χ3n) is 3.04. The molecule has 0 bridgehead atoms. The molecule has 0 aromatic carbocycles. The van der Waals surface area contributed by atoms with Gasteiger partial charge >= 0.3 is 5.97 Å². The van der Waals surface area contributed by atoms with Gasteiger partial charge in [-0.05, 0) is 38.1 Å². The van der Waals surface area contributed by atoms with Gasteiger partial charge in [0.2, 0.25) is 0 Å². The highest BCUT2D eigenvalue weighted by Gasteiger charge is 2.33. The van der Waals surface area contributed by atoms with Crippen LogP contribution in [0.3, 0.4) is 0 Å². The number of aliphatic carboxylic acids is 1. The monoisotopic (exact) mass is 215 g/mol. The van der Waals surface area contributed by atoms with Crippen LogP contribution in [0.4, 0.5) is 0 Å². The van der Waals surface area contributed by atoms with Gasteiger partial charge in [-0.15, -0.1) is 0 Å². The minimum absolute atomic E-state index is 0.639. The third-order valence-corrected chi connectivity index (χ3v) is 3.04. The van der Waals surface area contributed by atoms with Crippen molar-refractivity contribution in [2.75, 3.05) is 6.54 Å². The molecule has 0 atom stereocenters. The van der Waals surface area contributed by atoms with Crippen molar-refractivity contribution in [3.63, 3.8) is 0 Å². The first kappa shape index (κ1) is 14.4. The minimum atomic E-state index is -0.725. The van der Waals surface area contributed by atoms with E-state index < -0.39 is 11.5 Å². The molecular formula is C12H25NO2. The van der Waals surface area contributed by atoms with E-state index in [4.69, 9.17) is 5.11 Å². The average molecular weight is 215 g/mol. The summed E-state index contributed by atoms with van der Waals surface area (Å²) in [5, 5.41) is 12.4. The molecule has 0 fully saturated rings. The van der Waals surface area contributed by atoms with Crippen molar-refractivity contribution in [3.05, 3.63) is 0 Å². The first-order chi connectivity index (χ1) is 6.98. The Labute approximate surface area is 93.3 Å². The maximum atomic E-state index is 11.1. The molecular weight excluding hydrogens is 190 g/mol. The Morgan fingerprint density at radius 1 is 1.33 bits per heavy atom. The van der Waals surface area contributed by atoms with Crippen molar-refractivity contribution >= 4 is 5.97 Å². The Hall–Kier alpha value is -0.570. The Bertz CT molecular complexity index is 186. The van der Waals surface area contributed by atoms with Crippen LogP contribution in [0.15, 0.2) is 0 Å². The molecule has 0 radical (unpaired) electrons. The molecule has 0 unspecified atom stereocenters. The highest BCUT2D eigenvalue weighted by molar-refractivity contribution is 5.78. The molecule has 0 aromatic heterocycles. The fourth-order valence-corrected chi connectivity index (χ4v) is 1.72. The Balaban J connectivity index is 4.02. The number of hydrogen-bond acceptors (Lipinski definition) is 2. The van der Waals surface area contributed by atoms with Gasteiger partial charge in [0.1, 0.15) is 5.54 Å². The Kier molecular flexibility index (Phi) is 6.57. The fraction of sp³-hybridized carbons (Fsp3) is 0.917. The van der Waals surface area contributed by atoms with Crippen LogP contribution in [0.5, 0.6) is 0 Å². The molecule has 0 spiro atoms. The van der Waals surface area contributed by atoms with Crippen LogP contribution in [-0.4, -0.2) is 23.2 Å². The predicted molar refractivity (Wildman–Crippen MR) is 63.0 cm³/mol. The molecule has 0 rings (SSSR count). The van der Waals surface area contributed by atoms with Crippen molar-refractivity contribution in [1.29, 1.82) is 0 Å². The molecule has 0 saturated carbocycles. The Morgan fingerprint density at radius 2 is 1.87 bits per heavy atom. The quantitative estimate of drug-likeness (QED) is 0.612. The van der Waals surface area contributed by atoms with Gasteiger partial charge in [0.25, 0.3) is 0 Å². The zero-order valence-corrected chi connectivity index (χ0v) is 10.5. The number of carbonyl (C=O) groups is 1. The maximum absolute atomic E-state index is 11.1. The SMILES string of the molecule is CCC(CC)(NCCCC(C)C)C(=O)O. The van der Waals surface area contributed by atoms with Gasteiger partial charge in [-0.2, -0.15) is 0 Å². The summed E-state index contributed by atoms with van der Waals surface area (Å²) in [7, 11) is 0. The maximum Gasteiger partial charge on any atom is 0.323 e. The van der Waals surface area contributed by atoms with Crippen LogP contribution in [0.25, 0.3) is 0 Å². The third kappa shape index (κ3) is 4.65. The predicted octanol–water partition coefficient (Wildman–Crippen LogP) is 2.66. The van der Waals surface area contributed by atoms with E-state index in [1.54, 1.807) is 0 Å². The van der Waals surface area contributed by atoms with E-state index in [0.717, 1.165) is 19.4 Å².